The van der Waals surface area contributed by atoms with Gasteiger partial charge in [-0.1, -0.05) is 11.6 Å². The summed E-state index contributed by atoms with van der Waals surface area (Å²) in [6.45, 7) is 3.60. The second-order valence-electron chi connectivity index (χ2n) is 4.85. The highest BCUT2D eigenvalue weighted by Gasteiger charge is 2.17. The molecular formula is C14H21Cl2FN2O. The Kier molecular flexibility index (Phi) is 7.59. The van der Waals surface area contributed by atoms with Crippen LogP contribution in [-0.4, -0.2) is 44.2 Å². The molecule has 0 saturated carbocycles. The van der Waals surface area contributed by atoms with E-state index >= 15 is 0 Å². The van der Waals surface area contributed by atoms with Gasteiger partial charge in [-0.2, -0.15) is 0 Å². The number of likely N-dealkylation sites (N-methyl/N-ethyl adjacent to an activating group) is 1. The number of piperidine rings is 1. The van der Waals surface area contributed by atoms with E-state index in [9.17, 15) is 4.39 Å². The highest BCUT2D eigenvalue weighted by molar-refractivity contribution is 6.32. The zero-order valence-corrected chi connectivity index (χ0v) is 13.1. The number of likely N-dealkylation sites (tertiary alicyclic amines) is 1. The van der Waals surface area contributed by atoms with Crippen molar-refractivity contribution in [2.75, 3.05) is 33.3 Å². The van der Waals surface area contributed by atoms with Crippen LogP contribution in [0.2, 0.25) is 5.02 Å². The summed E-state index contributed by atoms with van der Waals surface area (Å²) in [7, 11) is 2.00. The molecule has 1 N–H and O–H groups in total. The predicted octanol–water partition coefficient (Wildman–Crippen LogP) is 2.96. The Morgan fingerprint density at radius 3 is 3.00 bits per heavy atom. The standard InChI is InChI=1S/C14H20ClFN2O.ClH/c1-17-12-3-2-6-18(10-12)7-8-19-14-5-4-11(16)9-13(14)15;/h4-5,9,12,17H,2-3,6-8,10H2,1H3;1H. The van der Waals surface area contributed by atoms with Gasteiger partial charge < -0.3 is 10.1 Å². The molecule has 1 atom stereocenters. The van der Waals surface area contributed by atoms with Gasteiger partial charge in [0.25, 0.3) is 0 Å². The maximum atomic E-state index is 12.9. The molecule has 2 rings (SSSR count). The summed E-state index contributed by atoms with van der Waals surface area (Å²) in [6.07, 6.45) is 2.44. The van der Waals surface area contributed by atoms with Crippen molar-refractivity contribution in [3.05, 3.63) is 29.0 Å². The summed E-state index contributed by atoms with van der Waals surface area (Å²) in [5.74, 6) is 0.204. The SMILES string of the molecule is CNC1CCCN(CCOc2ccc(F)cc2Cl)C1.Cl. The highest BCUT2D eigenvalue weighted by atomic mass is 35.5. The number of hydrogen-bond donors (Lipinski definition) is 1. The molecule has 3 nitrogen and oxygen atoms in total. The molecule has 0 radical (unpaired) electrons. The number of hydrogen-bond acceptors (Lipinski definition) is 3. The average molecular weight is 323 g/mol. The van der Waals surface area contributed by atoms with E-state index in [-0.39, 0.29) is 18.2 Å². The zero-order valence-electron chi connectivity index (χ0n) is 11.6. The molecule has 0 bridgehead atoms. The number of halogens is 3. The molecule has 6 heteroatoms. The van der Waals surface area contributed by atoms with E-state index in [1.807, 2.05) is 7.05 Å². The van der Waals surface area contributed by atoms with Crippen LogP contribution in [-0.2, 0) is 0 Å². The monoisotopic (exact) mass is 322 g/mol. The summed E-state index contributed by atoms with van der Waals surface area (Å²) >= 11 is 5.91. The minimum atomic E-state index is -0.342. The average Bonchev–Trinajstić information content (AvgIpc) is 2.41. The van der Waals surface area contributed by atoms with Gasteiger partial charge in [-0.05, 0) is 44.6 Å². The fraction of sp³-hybridized carbons (Fsp3) is 0.571. The number of ether oxygens (including phenoxy) is 1. The van der Waals surface area contributed by atoms with E-state index < -0.39 is 0 Å². The van der Waals surface area contributed by atoms with Gasteiger partial charge in [0.2, 0.25) is 0 Å². The van der Waals surface area contributed by atoms with Crippen LogP contribution in [0.4, 0.5) is 4.39 Å². The van der Waals surface area contributed by atoms with Gasteiger partial charge in [-0.25, -0.2) is 4.39 Å². The summed E-state index contributed by atoms with van der Waals surface area (Å²) in [5.41, 5.74) is 0. The number of nitrogens with zero attached hydrogens (tertiary/aromatic N) is 1. The minimum Gasteiger partial charge on any atom is -0.491 e. The molecule has 1 fully saturated rings. The van der Waals surface area contributed by atoms with Crippen molar-refractivity contribution >= 4 is 24.0 Å². The normalized spacial score (nSPS) is 19.4. The third-order valence-electron chi connectivity index (χ3n) is 3.47. The van der Waals surface area contributed by atoms with E-state index in [0.717, 1.165) is 19.6 Å². The van der Waals surface area contributed by atoms with Crippen LogP contribution in [0.25, 0.3) is 0 Å². The van der Waals surface area contributed by atoms with Gasteiger partial charge >= 0.3 is 0 Å². The molecule has 114 valence electrons. The molecule has 1 unspecified atom stereocenters. The van der Waals surface area contributed by atoms with Crippen LogP contribution in [0.5, 0.6) is 5.75 Å². The quantitative estimate of drug-likeness (QED) is 0.902. The predicted molar refractivity (Wildman–Crippen MR) is 82.7 cm³/mol. The third kappa shape index (κ3) is 5.09. The van der Waals surface area contributed by atoms with Crippen molar-refractivity contribution in [2.45, 2.75) is 18.9 Å². The minimum absolute atomic E-state index is 0. The summed E-state index contributed by atoms with van der Waals surface area (Å²) in [5, 5.41) is 3.64. The molecule has 1 saturated heterocycles. The smallest absolute Gasteiger partial charge is 0.138 e. The topological polar surface area (TPSA) is 24.5 Å². The first-order chi connectivity index (χ1) is 9.19. The van der Waals surface area contributed by atoms with Crippen molar-refractivity contribution in [2.24, 2.45) is 0 Å². The maximum Gasteiger partial charge on any atom is 0.138 e. The lowest BCUT2D eigenvalue weighted by atomic mass is 10.1. The molecule has 20 heavy (non-hydrogen) atoms. The van der Waals surface area contributed by atoms with Crippen LogP contribution >= 0.6 is 24.0 Å². The Morgan fingerprint density at radius 1 is 1.50 bits per heavy atom. The Bertz CT molecular complexity index is 420. The van der Waals surface area contributed by atoms with Gasteiger partial charge in [0, 0.05) is 19.1 Å². The van der Waals surface area contributed by atoms with Gasteiger partial charge in [-0.3, -0.25) is 4.90 Å². The summed E-state index contributed by atoms with van der Waals surface area (Å²) in [4.78, 5) is 2.38. The van der Waals surface area contributed by atoms with Crippen LogP contribution in [0, 0.1) is 5.82 Å². The van der Waals surface area contributed by atoms with E-state index in [1.54, 1.807) is 6.07 Å². The van der Waals surface area contributed by atoms with Crippen molar-refractivity contribution in [3.8, 4) is 5.75 Å². The van der Waals surface area contributed by atoms with Crippen LogP contribution < -0.4 is 10.1 Å². The fourth-order valence-electron chi connectivity index (χ4n) is 2.37. The molecule has 1 aliphatic heterocycles. The molecule has 1 aliphatic rings. The van der Waals surface area contributed by atoms with Crippen molar-refractivity contribution in [1.82, 2.24) is 10.2 Å². The van der Waals surface area contributed by atoms with E-state index in [0.29, 0.717) is 23.4 Å². The third-order valence-corrected chi connectivity index (χ3v) is 3.77. The Labute approximate surface area is 130 Å². The Balaban J connectivity index is 0.00000200. The van der Waals surface area contributed by atoms with Crippen molar-refractivity contribution in [1.29, 1.82) is 0 Å². The molecule has 0 spiro atoms. The number of nitrogens with one attached hydrogen (secondary N) is 1. The fourth-order valence-corrected chi connectivity index (χ4v) is 2.59. The second kappa shape index (κ2) is 8.67. The number of benzene rings is 1. The van der Waals surface area contributed by atoms with E-state index in [2.05, 4.69) is 10.2 Å². The lowest BCUT2D eigenvalue weighted by Gasteiger charge is -2.32. The van der Waals surface area contributed by atoms with Gasteiger partial charge in [0.1, 0.15) is 18.2 Å². The van der Waals surface area contributed by atoms with Crippen molar-refractivity contribution < 1.29 is 9.13 Å². The molecular weight excluding hydrogens is 302 g/mol. The Hall–Kier alpha value is -0.550. The van der Waals surface area contributed by atoms with Crippen LogP contribution in [0.15, 0.2) is 18.2 Å². The molecule has 0 aliphatic carbocycles. The second-order valence-corrected chi connectivity index (χ2v) is 5.26. The molecule has 1 heterocycles. The van der Waals surface area contributed by atoms with Gasteiger partial charge in [0.05, 0.1) is 5.02 Å². The molecule has 0 aromatic heterocycles. The highest BCUT2D eigenvalue weighted by Crippen LogP contribution is 2.24. The van der Waals surface area contributed by atoms with E-state index in [1.165, 1.54) is 25.0 Å². The van der Waals surface area contributed by atoms with E-state index in [4.69, 9.17) is 16.3 Å². The van der Waals surface area contributed by atoms with Crippen LogP contribution in [0.1, 0.15) is 12.8 Å². The largest absolute Gasteiger partial charge is 0.491 e. The lowest BCUT2D eigenvalue weighted by Crippen LogP contribution is -2.45. The van der Waals surface area contributed by atoms with Gasteiger partial charge in [0.15, 0.2) is 0 Å². The maximum absolute atomic E-state index is 12.9. The van der Waals surface area contributed by atoms with Crippen LogP contribution in [0.3, 0.4) is 0 Å². The first-order valence-corrected chi connectivity index (χ1v) is 7.04. The first-order valence-electron chi connectivity index (χ1n) is 6.66. The molecule has 1 aromatic carbocycles. The molecule has 0 amide bonds. The number of rotatable bonds is 5. The lowest BCUT2D eigenvalue weighted by molar-refractivity contribution is 0.162. The summed E-state index contributed by atoms with van der Waals surface area (Å²) < 4.78 is 18.5. The Morgan fingerprint density at radius 2 is 2.30 bits per heavy atom. The van der Waals surface area contributed by atoms with Crippen molar-refractivity contribution in [3.63, 3.8) is 0 Å². The molecule has 1 aromatic rings. The first kappa shape index (κ1) is 17.5. The summed E-state index contributed by atoms with van der Waals surface area (Å²) in [6, 6.07) is 4.78. The zero-order chi connectivity index (χ0) is 13.7. The van der Waals surface area contributed by atoms with Gasteiger partial charge in [-0.15, -0.1) is 12.4 Å².